The smallest absolute Gasteiger partial charge is 0.307 e. The van der Waals surface area contributed by atoms with Crippen LogP contribution in [0, 0.1) is 23.7 Å². The Hall–Kier alpha value is -2.82. The molecule has 260 valence electrons. The van der Waals surface area contributed by atoms with E-state index in [-0.39, 0.29) is 56.0 Å². The second-order valence-corrected chi connectivity index (χ2v) is 15.4. The summed E-state index contributed by atoms with van der Waals surface area (Å²) in [6.45, 7) is 22.1. The van der Waals surface area contributed by atoms with Gasteiger partial charge in [-0.3, -0.25) is 28.8 Å². The Labute approximate surface area is 269 Å². The molecule has 0 spiro atoms. The van der Waals surface area contributed by atoms with Crippen molar-refractivity contribution in [2.75, 3.05) is 0 Å². The van der Waals surface area contributed by atoms with Gasteiger partial charge in [0.2, 0.25) is 5.91 Å². The topological polar surface area (TPSA) is 162 Å². The first-order chi connectivity index (χ1) is 20.2. The van der Waals surface area contributed by atoms with Crippen LogP contribution in [0.4, 0.5) is 0 Å². The quantitative estimate of drug-likeness (QED) is 0.165. The van der Waals surface area contributed by atoms with Crippen LogP contribution in [0.5, 0.6) is 0 Å². The fourth-order valence-corrected chi connectivity index (χ4v) is 4.49. The fraction of sp³-hybridized carbons (Fsp3) is 0.824. The molecule has 0 saturated carbocycles. The molecule has 0 rings (SSSR count). The molecule has 0 aliphatic carbocycles. The van der Waals surface area contributed by atoms with E-state index in [2.05, 4.69) is 5.32 Å². The SMILES string of the molecule is CC(CC(=O)OC(C)(C)C)C(=O)CC(CCC(=O)OC(C)(C)C)C(=O)N[C@@H](C(=O)CC(CC(=O)OC(C)(C)C)C(C)O)C(C)C. The maximum Gasteiger partial charge on any atom is 0.307 e. The number of ketones is 2. The first kappa shape index (κ1) is 42.2. The van der Waals surface area contributed by atoms with E-state index in [1.807, 2.05) is 0 Å². The number of aliphatic hydroxyl groups excluding tert-OH is 1. The summed E-state index contributed by atoms with van der Waals surface area (Å²) in [7, 11) is 0. The van der Waals surface area contributed by atoms with Crippen molar-refractivity contribution in [2.24, 2.45) is 23.7 Å². The van der Waals surface area contributed by atoms with Gasteiger partial charge in [-0.2, -0.15) is 0 Å². The standard InChI is InChI=1S/C34H59NO10/c1-20(2)30(26(38)18-24(22(4)36)19-29(41)45-34(11,12)13)35-31(42)23(14-15-27(39)43-32(5,6)7)17-25(37)21(3)16-28(40)44-33(8,9)10/h20-24,30,36H,14-19H2,1-13H3,(H,35,42)/t21?,22?,23?,24?,30-/m1/s1. The summed E-state index contributed by atoms with van der Waals surface area (Å²) in [5.41, 5.74) is -2.18. The molecule has 0 aromatic rings. The van der Waals surface area contributed by atoms with Gasteiger partial charge in [-0.1, -0.05) is 20.8 Å². The third kappa shape index (κ3) is 19.3. The molecule has 1 amide bonds. The average Bonchev–Trinajstić information content (AvgIpc) is 2.80. The summed E-state index contributed by atoms with van der Waals surface area (Å²) >= 11 is 0. The number of hydrogen-bond donors (Lipinski definition) is 2. The van der Waals surface area contributed by atoms with E-state index in [9.17, 15) is 33.9 Å². The van der Waals surface area contributed by atoms with Crippen LogP contribution in [0.1, 0.15) is 129 Å². The molecular weight excluding hydrogens is 582 g/mol. The van der Waals surface area contributed by atoms with E-state index in [1.54, 1.807) is 83.1 Å². The minimum Gasteiger partial charge on any atom is -0.460 e. The Balaban J connectivity index is 5.88. The molecule has 0 bridgehead atoms. The second-order valence-electron chi connectivity index (χ2n) is 15.4. The molecule has 0 fully saturated rings. The molecule has 0 aromatic carbocycles. The van der Waals surface area contributed by atoms with Crippen LogP contribution in [-0.2, 0) is 43.0 Å². The van der Waals surface area contributed by atoms with Crippen LogP contribution < -0.4 is 5.32 Å². The maximum absolute atomic E-state index is 13.6. The molecule has 5 atom stereocenters. The number of nitrogens with one attached hydrogen (secondary N) is 1. The van der Waals surface area contributed by atoms with Gasteiger partial charge in [-0.25, -0.2) is 0 Å². The van der Waals surface area contributed by atoms with Crippen LogP contribution in [0.3, 0.4) is 0 Å². The molecule has 0 aliphatic heterocycles. The number of Topliss-reactive ketones (excluding diaryl/α,β-unsaturated/α-hetero) is 2. The minimum absolute atomic E-state index is 0.0143. The number of aliphatic hydroxyl groups is 1. The van der Waals surface area contributed by atoms with Gasteiger partial charge in [-0.15, -0.1) is 0 Å². The van der Waals surface area contributed by atoms with Crippen molar-refractivity contribution in [1.82, 2.24) is 5.32 Å². The predicted octanol–water partition coefficient (Wildman–Crippen LogP) is 4.88. The highest BCUT2D eigenvalue weighted by Gasteiger charge is 2.34. The summed E-state index contributed by atoms with van der Waals surface area (Å²) in [6.07, 6.45) is -1.93. The van der Waals surface area contributed by atoms with Crippen molar-refractivity contribution in [2.45, 2.75) is 157 Å². The lowest BCUT2D eigenvalue weighted by Crippen LogP contribution is -2.48. The Kier molecular flexibility index (Phi) is 16.6. The third-order valence-corrected chi connectivity index (χ3v) is 6.68. The van der Waals surface area contributed by atoms with Crippen molar-refractivity contribution >= 4 is 35.4 Å². The monoisotopic (exact) mass is 641 g/mol. The first-order valence-corrected chi connectivity index (χ1v) is 15.9. The Bertz CT molecular complexity index is 1030. The number of amides is 1. The lowest BCUT2D eigenvalue weighted by molar-refractivity contribution is -0.158. The molecule has 0 aliphatic rings. The zero-order valence-corrected chi connectivity index (χ0v) is 29.8. The van der Waals surface area contributed by atoms with Crippen LogP contribution in [-0.4, -0.2) is 69.4 Å². The predicted molar refractivity (Wildman–Crippen MR) is 170 cm³/mol. The number of esters is 3. The van der Waals surface area contributed by atoms with Gasteiger partial charge in [0.1, 0.15) is 22.6 Å². The number of carbonyl (C=O) groups is 6. The molecule has 0 heterocycles. The molecule has 0 saturated heterocycles. The fourth-order valence-electron chi connectivity index (χ4n) is 4.49. The molecular formula is C34H59NO10. The van der Waals surface area contributed by atoms with Gasteiger partial charge in [0.15, 0.2) is 5.78 Å². The average molecular weight is 642 g/mol. The van der Waals surface area contributed by atoms with Crippen LogP contribution in [0.2, 0.25) is 0 Å². The van der Waals surface area contributed by atoms with Crippen LogP contribution in [0.25, 0.3) is 0 Å². The highest BCUT2D eigenvalue weighted by Crippen LogP contribution is 2.23. The molecule has 2 N–H and O–H groups in total. The van der Waals surface area contributed by atoms with E-state index in [4.69, 9.17) is 14.2 Å². The summed E-state index contributed by atoms with van der Waals surface area (Å²) in [5, 5.41) is 13.1. The molecule has 0 radical (unpaired) electrons. The minimum atomic E-state index is -0.990. The van der Waals surface area contributed by atoms with E-state index in [0.29, 0.717) is 0 Å². The molecule has 45 heavy (non-hydrogen) atoms. The largest absolute Gasteiger partial charge is 0.460 e. The summed E-state index contributed by atoms with van der Waals surface area (Å²) in [4.78, 5) is 77.4. The van der Waals surface area contributed by atoms with Crippen molar-refractivity contribution in [1.29, 1.82) is 0 Å². The summed E-state index contributed by atoms with van der Waals surface area (Å²) in [5.74, 6) is -5.76. The lowest BCUT2D eigenvalue weighted by atomic mass is 9.86. The molecule has 11 heteroatoms. The van der Waals surface area contributed by atoms with Crippen LogP contribution in [0.15, 0.2) is 0 Å². The van der Waals surface area contributed by atoms with Gasteiger partial charge in [-0.05, 0) is 81.6 Å². The number of carbonyl (C=O) groups excluding carboxylic acids is 6. The van der Waals surface area contributed by atoms with E-state index in [1.165, 1.54) is 6.92 Å². The van der Waals surface area contributed by atoms with Gasteiger partial charge in [0, 0.05) is 37.0 Å². The van der Waals surface area contributed by atoms with E-state index in [0.717, 1.165) is 0 Å². The lowest BCUT2D eigenvalue weighted by Gasteiger charge is -2.28. The third-order valence-electron chi connectivity index (χ3n) is 6.68. The first-order valence-electron chi connectivity index (χ1n) is 15.9. The molecule has 0 aromatic heterocycles. The van der Waals surface area contributed by atoms with Crippen molar-refractivity contribution in [3.8, 4) is 0 Å². The van der Waals surface area contributed by atoms with Crippen molar-refractivity contribution in [3.63, 3.8) is 0 Å². The zero-order valence-electron chi connectivity index (χ0n) is 29.8. The highest BCUT2D eigenvalue weighted by atomic mass is 16.6. The number of ether oxygens (including phenoxy) is 3. The van der Waals surface area contributed by atoms with Gasteiger partial charge >= 0.3 is 17.9 Å². The van der Waals surface area contributed by atoms with Crippen molar-refractivity contribution < 1.29 is 48.1 Å². The summed E-state index contributed by atoms with van der Waals surface area (Å²) in [6, 6.07) is -0.976. The summed E-state index contributed by atoms with van der Waals surface area (Å²) < 4.78 is 16.0. The van der Waals surface area contributed by atoms with Gasteiger partial charge < -0.3 is 24.6 Å². The molecule has 11 nitrogen and oxygen atoms in total. The normalized spacial score (nSPS) is 15.7. The maximum atomic E-state index is 13.6. The van der Waals surface area contributed by atoms with Crippen LogP contribution >= 0.6 is 0 Å². The number of rotatable bonds is 17. The van der Waals surface area contributed by atoms with E-state index >= 15 is 0 Å². The Morgan fingerprint density at radius 3 is 1.49 bits per heavy atom. The highest BCUT2D eigenvalue weighted by molar-refractivity contribution is 5.93. The zero-order chi connectivity index (χ0) is 35.5. The van der Waals surface area contributed by atoms with Crippen molar-refractivity contribution in [3.05, 3.63) is 0 Å². The second kappa shape index (κ2) is 17.8. The molecule has 4 unspecified atom stereocenters. The van der Waals surface area contributed by atoms with Gasteiger partial charge in [0.25, 0.3) is 0 Å². The number of hydrogen-bond acceptors (Lipinski definition) is 10. The Morgan fingerprint density at radius 2 is 1.07 bits per heavy atom. The Morgan fingerprint density at radius 1 is 0.622 bits per heavy atom. The van der Waals surface area contributed by atoms with E-state index < -0.39 is 70.5 Å². The van der Waals surface area contributed by atoms with Gasteiger partial charge in [0.05, 0.1) is 25.0 Å².